The van der Waals surface area contributed by atoms with Gasteiger partial charge in [0.05, 0.1) is 13.2 Å². The number of hydrogen-bond acceptors (Lipinski definition) is 3. The van der Waals surface area contributed by atoms with Crippen molar-refractivity contribution in [3.05, 3.63) is 12.2 Å². The van der Waals surface area contributed by atoms with Crippen LogP contribution < -0.4 is 0 Å². The Bertz CT molecular complexity index is 434. The Morgan fingerprint density at radius 3 is 2.50 bits per heavy atom. The van der Waals surface area contributed by atoms with E-state index in [9.17, 15) is 4.79 Å². The van der Waals surface area contributed by atoms with Crippen LogP contribution in [0.5, 0.6) is 0 Å². The Morgan fingerprint density at radius 2 is 1.90 bits per heavy atom. The third kappa shape index (κ3) is 1.75. The second-order valence-corrected chi connectivity index (χ2v) is 7.25. The van der Waals surface area contributed by atoms with Crippen LogP contribution in [0.2, 0.25) is 0 Å². The standard InChI is InChI=1S/C17H26O3/c1-11(2)13-6-7-16(4)14(15(13)18)12(3)5-8-17(16)19-9-10-20-17/h11,13-14H,3,5-10H2,1-2,4H3/t13-,14+,16-/m1/s1. The fraction of sp³-hybridized carbons (Fsp3) is 0.824. The lowest BCUT2D eigenvalue weighted by molar-refractivity contribution is -0.264. The van der Waals surface area contributed by atoms with Crippen molar-refractivity contribution in [3.8, 4) is 0 Å². The molecule has 0 aromatic rings. The van der Waals surface area contributed by atoms with E-state index >= 15 is 0 Å². The number of carbonyl (C=O) groups is 1. The Kier molecular flexibility index (Phi) is 3.33. The summed E-state index contributed by atoms with van der Waals surface area (Å²) in [6.07, 6.45) is 3.63. The van der Waals surface area contributed by atoms with Gasteiger partial charge in [-0.1, -0.05) is 32.9 Å². The van der Waals surface area contributed by atoms with Crippen molar-refractivity contribution in [2.24, 2.45) is 23.2 Å². The predicted molar refractivity (Wildman–Crippen MR) is 77.2 cm³/mol. The molecule has 1 spiro atoms. The zero-order chi connectivity index (χ0) is 14.5. The van der Waals surface area contributed by atoms with Gasteiger partial charge in [0.1, 0.15) is 5.78 Å². The summed E-state index contributed by atoms with van der Waals surface area (Å²) in [6, 6.07) is 0. The van der Waals surface area contributed by atoms with E-state index in [1.165, 1.54) is 0 Å². The molecule has 2 saturated carbocycles. The molecule has 3 aliphatic rings. The second kappa shape index (κ2) is 4.67. The average Bonchev–Trinajstić information content (AvgIpc) is 2.84. The van der Waals surface area contributed by atoms with E-state index in [0.29, 0.717) is 24.9 Å². The maximum absolute atomic E-state index is 13.0. The molecule has 0 aromatic carbocycles. The summed E-state index contributed by atoms with van der Waals surface area (Å²) in [6.45, 7) is 12.0. The minimum absolute atomic E-state index is 0.0875. The molecular formula is C17H26O3. The molecule has 0 unspecified atom stereocenters. The van der Waals surface area contributed by atoms with Gasteiger partial charge >= 0.3 is 0 Å². The lowest BCUT2D eigenvalue weighted by Gasteiger charge is -2.56. The van der Waals surface area contributed by atoms with Crippen molar-refractivity contribution >= 4 is 5.78 Å². The molecule has 0 N–H and O–H groups in total. The molecule has 1 saturated heterocycles. The first-order valence-corrected chi connectivity index (χ1v) is 7.90. The van der Waals surface area contributed by atoms with E-state index in [1.54, 1.807) is 0 Å². The fourth-order valence-corrected chi connectivity index (χ4v) is 4.68. The molecule has 3 rings (SSSR count). The van der Waals surface area contributed by atoms with Crippen LogP contribution in [0.4, 0.5) is 0 Å². The van der Waals surface area contributed by atoms with Crippen LogP contribution in [0.3, 0.4) is 0 Å². The lowest BCUT2D eigenvalue weighted by atomic mass is 9.52. The topological polar surface area (TPSA) is 35.5 Å². The molecule has 1 aliphatic heterocycles. The molecule has 3 nitrogen and oxygen atoms in total. The fourth-order valence-electron chi connectivity index (χ4n) is 4.68. The Balaban J connectivity index is 1.99. The zero-order valence-electron chi connectivity index (χ0n) is 12.9. The van der Waals surface area contributed by atoms with Gasteiger partial charge in [0, 0.05) is 23.7 Å². The summed E-state index contributed by atoms with van der Waals surface area (Å²) in [4.78, 5) is 13.0. The second-order valence-electron chi connectivity index (χ2n) is 7.25. The van der Waals surface area contributed by atoms with E-state index in [-0.39, 0.29) is 17.3 Å². The van der Waals surface area contributed by atoms with Crippen LogP contribution in [0, 0.1) is 23.2 Å². The third-order valence-corrected chi connectivity index (χ3v) is 5.87. The van der Waals surface area contributed by atoms with Crippen LogP contribution in [-0.4, -0.2) is 24.8 Å². The van der Waals surface area contributed by atoms with Crippen LogP contribution >= 0.6 is 0 Å². The molecular weight excluding hydrogens is 252 g/mol. The van der Waals surface area contributed by atoms with Crippen molar-refractivity contribution in [2.75, 3.05) is 13.2 Å². The number of ketones is 1. The summed E-state index contributed by atoms with van der Waals surface area (Å²) in [5.41, 5.74) is 0.856. The summed E-state index contributed by atoms with van der Waals surface area (Å²) in [5, 5.41) is 0. The number of carbonyl (C=O) groups excluding carboxylic acids is 1. The first-order valence-electron chi connectivity index (χ1n) is 7.90. The molecule has 0 radical (unpaired) electrons. The van der Waals surface area contributed by atoms with Gasteiger partial charge in [-0.3, -0.25) is 4.79 Å². The van der Waals surface area contributed by atoms with Crippen molar-refractivity contribution in [2.45, 2.75) is 52.2 Å². The maximum atomic E-state index is 13.0. The van der Waals surface area contributed by atoms with Crippen LogP contribution in [-0.2, 0) is 14.3 Å². The predicted octanol–water partition coefficient (Wildman–Crippen LogP) is 3.34. The Morgan fingerprint density at radius 1 is 1.25 bits per heavy atom. The quantitative estimate of drug-likeness (QED) is 0.690. The van der Waals surface area contributed by atoms with Gasteiger partial charge in [-0.25, -0.2) is 0 Å². The molecule has 2 aliphatic carbocycles. The minimum Gasteiger partial charge on any atom is -0.347 e. The van der Waals surface area contributed by atoms with Gasteiger partial charge in [-0.2, -0.15) is 0 Å². The third-order valence-electron chi connectivity index (χ3n) is 5.87. The van der Waals surface area contributed by atoms with Gasteiger partial charge in [-0.05, 0) is 25.2 Å². The normalized spacial score (nSPS) is 40.4. The molecule has 0 aromatic heterocycles. The lowest BCUT2D eigenvalue weighted by Crippen LogP contribution is -2.60. The van der Waals surface area contributed by atoms with E-state index < -0.39 is 5.79 Å². The van der Waals surface area contributed by atoms with E-state index in [4.69, 9.17) is 9.47 Å². The molecule has 0 amide bonds. The monoisotopic (exact) mass is 278 g/mol. The highest BCUT2D eigenvalue weighted by atomic mass is 16.7. The van der Waals surface area contributed by atoms with Crippen molar-refractivity contribution in [1.82, 2.24) is 0 Å². The van der Waals surface area contributed by atoms with Gasteiger partial charge in [0.25, 0.3) is 0 Å². The summed E-state index contributed by atoms with van der Waals surface area (Å²) < 4.78 is 12.1. The van der Waals surface area contributed by atoms with E-state index in [0.717, 1.165) is 31.3 Å². The molecule has 20 heavy (non-hydrogen) atoms. The number of hydrogen-bond donors (Lipinski definition) is 0. The van der Waals surface area contributed by atoms with Gasteiger partial charge < -0.3 is 9.47 Å². The Hall–Kier alpha value is -0.670. The number of ether oxygens (including phenoxy) is 2. The SMILES string of the molecule is C=C1CCC2(OCCO2)[C@]2(C)CC[C@H](C(C)C)C(=O)[C@H]12. The molecule has 112 valence electrons. The minimum atomic E-state index is -0.545. The molecule has 3 fully saturated rings. The van der Waals surface area contributed by atoms with E-state index in [1.807, 2.05) is 0 Å². The van der Waals surface area contributed by atoms with Crippen LogP contribution in [0.25, 0.3) is 0 Å². The van der Waals surface area contributed by atoms with Crippen molar-refractivity contribution in [3.63, 3.8) is 0 Å². The maximum Gasteiger partial charge on any atom is 0.175 e. The summed E-state index contributed by atoms with van der Waals surface area (Å²) in [5.74, 6) is 0.313. The number of allylic oxidation sites excluding steroid dienone is 1. The zero-order valence-corrected chi connectivity index (χ0v) is 12.9. The first kappa shape index (κ1) is 14.3. The largest absolute Gasteiger partial charge is 0.347 e. The molecule has 0 bridgehead atoms. The summed E-state index contributed by atoms with van der Waals surface area (Å²) >= 11 is 0. The van der Waals surface area contributed by atoms with Crippen molar-refractivity contribution < 1.29 is 14.3 Å². The van der Waals surface area contributed by atoms with Gasteiger partial charge in [0.15, 0.2) is 5.79 Å². The average molecular weight is 278 g/mol. The van der Waals surface area contributed by atoms with Gasteiger partial charge in [0.2, 0.25) is 0 Å². The molecule has 3 heteroatoms. The van der Waals surface area contributed by atoms with E-state index in [2.05, 4.69) is 27.4 Å². The highest BCUT2D eigenvalue weighted by molar-refractivity contribution is 5.88. The van der Waals surface area contributed by atoms with Crippen molar-refractivity contribution in [1.29, 1.82) is 0 Å². The number of fused-ring (bicyclic) bond motifs is 2. The Labute approximate surface area is 121 Å². The highest BCUT2D eigenvalue weighted by Crippen LogP contribution is 2.60. The first-order chi connectivity index (χ1) is 9.41. The highest BCUT2D eigenvalue weighted by Gasteiger charge is 2.63. The van der Waals surface area contributed by atoms with Gasteiger partial charge in [-0.15, -0.1) is 0 Å². The smallest absolute Gasteiger partial charge is 0.175 e. The van der Waals surface area contributed by atoms with Crippen LogP contribution in [0.15, 0.2) is 12.2 Å². The number of rotatable bonds is 1. The number of Topliss-reactive ketones (excluding diaryl/α,β-unsaturated/α-hetero) is 1. The molecule has 3 atom stereocenters. The molecule has 1 heterocycles. The van der Waals surface area contributed by atoms with Crippen LogP contribution in [0.1, 0.15) is 46.5 Å². The summed E-state index contributed by atoms with van der Waals surface area (Å²) in [7, 11) is 0.